The van der Waals surface area contributed by atoms with Crippen molar-refractivity contribution in [1.82, 2.24) is 4.98 Å². The number of aliphatic hydroxyl groups is 1. The summed E-state index contributed by atoms with van der Waals surface area (Å²) in [5.74, 6) is 1.97. The second-order valence-electron chi connectivity index (χ2n) is 5.50. The van der Waals surface area contributed by atoms with E-state index in [9.17, 15) is 0 Å². The van der Waals surface area contributed by atoms with Crippen LogP contribution in [0.2, 0.25) is 0 Å². The quantitative estimate of drug-likeness (QED) is 0.734. The van der Waals surface area contributed by atoms with E-state index in [4.69, 9.17) is 19.3 Å². The average molecular weight is 332 g/mol. The number of benzene rings is 1. The van der Waals surface area contributed by atoms with Gasteiger partial charge in [-0.3, -0.25) is 4.98 Å². The van der Waals surface area contributed by atoms with Crippen LogP contribution < -0.4 is 14.8 Å². The van der Waals surface area contributed by atoms with Gasteiger partial charge in [-0.1, -0.05) is 0 Å². The first-order chi connectivity index (χ1) is 11.6. The first-order valence-electron chi connectivity index (χ1n) is 7.89. The number of nitrogens with zero attached hydrogens (tertiary/aromatic N) is 1. The van der Waals surface area contributed by atoms with Gasteiger partial charge in [0.1, 0.15) is 17.2 Å². The van der Waals surface area contributed by atoms with Gasteiger partial charge in [0.25, 0.3) is 0 Å². The van der Waals surface area contributed by atoms with Crippen molar-refractivity contribution < 1.29 is 19.3 Å². The number of pyridine rings is 1. The number of aliphatic hydroxyl groups excluding tert-OH is 1. The molecule has 2 N–H and O–H groups in total. The molecule has 1 aromatic heterocycles. The summed E-state index contributed by atoms with van der Waals surface area (Å²) < 4.78 is 16.7. The van der Waals surface area contributed by atoms with E-state index in [1.165, 1.54) is 0 Å². The minimum Gasteiger partial charge on any atom is -0.489 e. The van der Waals surface area contributed by atoms with E-state index >= 15 is 0 Å². The summed E-state index contributed by atoms with van der Waals surface area (Å²) in [5, 5.41) is 12.1. The lowest BCUT2D eigenvalue weighted by molar-refractivity contribution is 0.181. The summed E-state index contributed by atoms with van der Waals surface area (Å²) in [5.41, 5.74) is 1.66. The fourth-order valence-electron chi connectivity index (χ4n) is 2.09. The lowest BCUT2D eigenvalue weighted by Gasteiger charge is -2.16. The lowest BCUT2D eigenvalue weighted by atomic mass is 10.2. The highest BCUT2D eigenvalue weighted by Gasteiger charge is 2.09. The molecule has 2 aromatic rings. The molecule has 0 aliphatic rings. The molecule has 0 saturated carbocycles. The van der Waals surface area contributed by atoms with Crippen molar-refractivity contribution in [2.75, 3.05) is 25.6 Å². The number of hydrogen-bond acceptors (Lipinski definition) is 6. The molecule has 2 rings (SSSR count). The fraction of sp³-hybridized carbons (Fsp3) is 0.389. The van der Waals surface area contributed by atoms with E-state index in [1.54, 1.807) is 13.3 Å². The minimum absolute atomic E-state index is 0.0323. The van der Waals surface area contributed by atoms with Crippen LogP contribution in [0.15, 0.2) is 36.5 Å². The van der Waals surface area contributed by atoms with Crippen LogP contribution in [0.25, 0.3) is 0 Å². The molecule has 0 saturated heterocycles. The zero-order valence-electron chi connectivity index (χ0n) is 14.3. The van der Waals surface area contributed by atoms with Crippen LogP contribution in [0, 0.1) is 0 Å². The number of rotatable bonds is 9. The van der Waals surface area contributed by atoms with Gasteiger partial charge >= 0.3 is 0 Å². The molecule has 0 aliphatic heterocycles. The monoisotopic (exact) mass is 332 g/mol. The van der Waals surface area contributed by atoms with Crippen LogP contribution in [0.5, 0.6) is 17.2 Å². The van der Waals surface area contributed by atoms with Gasteiger partial charge in [0.15, 0.2) is 0 Å². The smallest absolute Gasteiger partial charge is 0.146 e. The predicted octanol–water partition coefficient (Wildman–Crippen LogP) is 3.21. The highest BCUT2D eigenvalue weighted by molar-refractivity contribution is 5.59. The molecule has 6 nitrogen and oxygen atoms in total. The largest absolute Gasteiger partial charge is 0.489 e. The van der Waals surface area contributed by atoms with Crippen molar-refractivity contribution in [3.8, 4) is 17.2 Å². The normalized spacial score (nSPS) is 10.7. The maximum atomic E-state index is 8.97. The molecule has 0 aliphatic carbocycles. The van der Waals surface area contributed by atoms with Crippen LogP contribution >= 0.6 is 0 Å². The van der Waals surface area contributed by atoms with E-state index in [2.05, 4.69) is 10.3 Å². The van der Waals surface area contributed by atoms with E-state index in [0.29, 0.717) is 30.4 Å². The molecule has 0 radical (unpaired) electrons. The van der Waals surface area contributed by atoms with Gasteiger partial charge in [-0.05, 0) is 38.1 Å². The summed E-state index contributed by atoms with van der Waals surface area (Å²) in [6.07, 6.45) is 1.69. The Morgan fingerprint density at radius 1 is 1.17 bits per heavy atom. The van der Waals surface area contributed by atoms with E-state index in [1.807, 2.05) is 44.2 Å². The van der Waals surface area contributed by atoms with E-state index in [-0.39, 0.29) is 12.7 Å². The highest BCUT2D eigenvalue weighted by Crippen LogP contribution is 2.32. The molecular formula is C18H24N2O4. The second-order valence-corrected chi connectivity index (χ2v) is 5.50. The molecule has 0 unspecified atom stereocenters. The van der Waals surface area contributed by atoms with Crippen LogP contribution in [-0.4, -0.2) is 36.5 Å². The summed E-state index contributed by atoms with van der Waals surface area (Å²) >= 11 is 0. The Morgan fingerprint density at radius 2 is 1.96 bits per heavy atom. The second kappa shape index (κ2) is 9.10. The van der Waals surface area contributed by atoms with Crippen molar-refractivity contribution in [2.45, 2.75) is 26.6 Å². The molecule has 0 fully saturated rings. The summed E-state index contributed by atoms with van der Waals surface area (Å²) in [7, 11) is 1.63. The highest BCUT2D eigenvalue weighted by atomic mass is 16.5. The van der Waals surface area contributed by atoms with Crippen molar-refractivity contribution in [3.05, 3.63) is 42.2 Å². The third-order valence-corrected chi connectivity index (χ3v) is 3.07. The molecule has 6 heteroatoms. The zero-order chi connectivity index (χ0) is 17.4. The summed E-state index contributed by atoms with van der Waals surface area (Å²) in [6.45, 7) is 4.90. The molecule has 130 valence electrons. The van der Waals surface area contributed by atoms with Crippen LogP contribution in [0.3, 0.4) is 0 Å². The molecular weight excluding hydrogens is 308 g/mol. The van der Waals surface area contributed by atoms with Gasteiger partial charge in [0, 0.05) is 19.7 Å². The van der Waals surface area contributed by atoms with Gasteiger partial charge in [-0.25, -0.2) is 0 Å². The maximum Gasteiger partial charge on any atom is 0.146 e. The van der Waals surface area contributed by atoms with E-state index in [0.717, 1.165) is 11.4 Å². The topological polar surface area (TPSA) is 72.8 Å². The first-order valence-corrected chi connectivity index (χ1v) is 7.89. The first kappa shape index (κ1) is 18.0. The van der Waals surface area contributed by atoms with Crippen LogP contribution in [-0.2, 0) is 11.3 Å². The number of aromatic nitrogens is 1. The molecule has 0 atom stereocenters. The Bertz CT molecular complexity index is 629. The number of nitrogens with one attached hydrogen (secondary N) is 1. The number of methoxy groups -OCH3 is 1. The Kier molecular flexibility index (Phi) is 6.84. The van der Waals surface area contributed by atoms with Gasteiger partial charge in [-0.2, -0.15) is 0 Å². The molecule has 24 heavy (non-hydrogen) atoms. The third-order valence-electron chi connectivity index (χ3n) is 3.07. The van der Waals surface area contributed by atoms with Gasteiger partial charge in [0.2, 0.25) is 0 Å². The van der Waals surface area contributed by atoms with Gasteiger partial charge < -0.3 is 24.6 Å². The standard InChI is InChI=1S/C18H24N2O4/c1-13(2)23-18-10-15(6-7-17(18)19-8-9-21)24-16-5-4-14(12-22-3)20-11-16/h4-7,10-11,13,19,21H,8-9,12H2,1-3H3. The fourth-order valence-corrected chi connectivity index (χ4v) is 2.09. The van der Waals surface area contributed by atoms with Crippen LogP contribution in [0.4, 0.5) is 5.69 Å². The van der Waals surface area contributed by atoms with Crippen molar-refractivity contribution >= 4 is 5.69 Å². The molecule has 1 aromatic carbocycles. The predicted molar refractivity (Wildman–Crippen MR) is 92.8 cm³/mol. The third kappa shape index (κ3) is 5.40. The zero-order valence-corrected chi connectivity index (χ0v) is 14.3. The Hall–Kier alpha value is -2.31. The molecule has 0 spiro atoms. The van der Waals surface area contributed by atoms with Crippen molar-refractivity contribution in [3.63, 3.8) is 0 Å². The number of anilines is 1. The molecule has 0 bridgehead atoms. The molecule has 1 heterocycles. The number of ether oxygens (including phenoxy) is 3. The Morgan fingerprint density at radius 3 is 2.58 bits per heavy atom. The minimum atomic E-state index is 0.0323. The van der Waals surface area contributed by atoms with Crippen molar-refractivity contribution in [2.24, 2.45) is 0 Å². The SMILES string of the molecule is COCc1ccc(Oc2ccc(NCCO)c(OC(C)C)c2)cn1. The van der Waals surface area contributed by atoms with Gasteiger partial charge in [0.05, 0.1) is 36.9 Å². The van der Waals surface area contributed by atoms with Gasteiger partial charge in [-0.15, -0.1) is 0 Å². The van der Waals surface area contributed by atoms with Crippen molar-refractivity contribution in [1.29, 1.82) is 0 Å². The Labute approximate surface area is 142 Å². The summed E-state index contributed by atoms with van der Waals surface area (Å²) in [6, 6.07) is 9.25. The van der Waals surface area contributed by atoms with Crippen LogP contribution in [0.1, 0.15) is 19.5 Å². The Balaban J connectivity index is 2.14. The summed E-state index contributed by atoms with van der Waals surface area (Å²) in [4.78, 5) is 4.27. The average Bonchev–Trinajstić information content (AvgIpc) is 2.56. The lowest BCUT2D eigenvalue weighted by Crippen LogP contribution is -2.11. The maximum absolute atomic E-state index is 8.97. The van der Waals surface area contributed by atoms with E-state index < -0.39 is 0 Å². The number of hydrogen-bond donors (Lipinski definition) is 2. The molecule has 0 amide bonds.